The molecule has 3 rings (SSSR count). The number of nitrogens with zero attached hydrogens (tertiary/aromatic N) is 1. The van der Waals surface area contributed by atoms with Gasteiger partial charge in [0, 0.05) is 13.1 Å². The van der Waals surface area contributed by atoms with Gasteiger partial charge in [-0.1, -0.05) is 6.07 Å². The highest BCUT2D eigenvalue weighted by Crippen LogP contribution is 2.29. The van der Waals surface area contributed by atoms with Crippen LogP contribution >= 0.6 is 0 Å². The Labute approximate surface area is 201 Å². The predicted molar refractivity (Wildman–Crippen MR) is 137 cm³/mol. The number of benzene rings is 2. The summed E-state index contributed by atoms with van der Waals surface area (Å²) < 4.78 is 26.3. The van der Waals surface area contributed by atoms with Crippen LogP contribution in [0.5, 0.6) is 0 Å². The highest BCUT2D eigenvalue weighted by Gasteiger charge is 2.30. The van der Waals surface area contributed by atoms with Crippen LogP contribution in [0.4, 0.5) is 0 Å². The summed E-state index contributed by atoms with van der Waals surface area (Å²) in [6.07, 6.45) is 1.32. The van der Waals surface area contributed by atoms with Gasteiger partial charge in [0.2, 0.25) is 0 Å². The zero-order valence-corrected chi connectivity index (χ0v) is 22.5. The van der Waals surface area contributed by atoms with Crippen LogP contribution in [0.15, 0.2) is 17.0 Å². The van der Waals surface area contributed by atoms with Crippen molar-refractivity contribution in [3.63, 3.8) is 0 Å². The van der Waals surface area contributed by atoms with E-state index in [-0.39, 0.29) is 11.7 Å². The third kappa shape index (κ3) is 5.36. The Morgan fingerprint density at radius 2 is 1.42 bits per heavy atom. The zero-order chi connectivity index (χ0) is 24.7. The number of piperidine rings is 1. The molecular weight excluding hydrogens is 430 g/mol. The standard InChI is InChI=1S/C28H41NO3S/c1-17-13-26(23(7)21(5)19(17)3)15-25-9-10-29(16-27(25)30)11-12-33(31,32)28-14-18(2)20(4)22(6)24(28)8/h13-14,25,27,30H,9-12,15-16H2,1-8H3/t25-,27-/m0/s1. The average molecular weight is 472 g/mol. The van der Waals surface area contributed by atoms with Crippen molar-refractivity contribution >= 4 is 9.84 Å². The Hall–Kier alpha value is -1.69. The molecule has 2 aromatic rings. The van der Waals surface area contributed by atoms with Crippen molar-refractivity contribution in [3.05, 3.63) is 62.2 Å². The van der Waals surface area contributed by atoms with Gasteiger partial charge in [-0.05, 0) is 137 Å². The van der Waals surface area contributed by atoms with Gasteiger partial charge in [-0.2, -0.15) is 0 Å². The molecule has 0 aliphatic carbocycles. The van der Waals surface area contributed by atoms with E-state index in [9.17, 15) is 13.5 Å². The molecule has 1 aliphatic rings. The van der Waals surface area contributed by atoms with Crippen molar-refractivity contribution in [2.45, 2.75) is 79.2 Å². The molecule has 33 heavy (non-hydrogen) atoms. The minimum Gasteiger partial charge on any atom is -0.391 e. The molecule has 1 heterocycles. The van der Waals surface area contributed by atoms with E-state index in [1.807, 2.05) is 33.8 Å². The molecule has 4 nitrogen and oxygen atoms in total. The maximum absolute atomic E-state index is 13.1. The van der Waals surface area contributed by atoms with Crippen LogP contribution in [-0.4, -0.2) is 49.9 Å². The van der Waals surface area contributed by atoms with Gasteiger partial charge in [-0.15, -0.1) is 0 Å². The summed E-state index contributed by atoms with van der Waals surface area (Å²) in [7, 11) is -3.37. The average Bonchev–Trinajstić information content (AvgIpc) is 2.77. The lowest BCUT2D eigenvalue weighted by Gasteiger charge is -2.36. The number of likely N-dealkylation sites (tertiary alicyclic amines) is 1. The molecule has 1 saturated heterocycles. The summed E-state index contributed by atoms with van der Waals surface area (Å²) in [6, 6.07) is 4.10. The van der Waals surface area contributed by atoms with E-state index >= 15 is 0 Å². The largest absolute Gasteiger partial charge is 0.391 e. The van der Waals surface area contributed by atoms with Gasteiger partial charge in [0.15, 0.2) is 9.84 Å². The number of β-amino-alcohol motifs (C(OH)–C–C–N with tert-alkyl or cyclic N) is 1. The lowest BCUT2D eigenvalue weighted by molar-refractivity contribution is 0.0244. The number of aryl methyl sites for hydroxylation is 2. The van der Waals surface area contributed by atoms with Crippen molar-refractivity contribution < 1.29 is 13.5 Å². The van der Waals surface area contributed by atoms with Gasteiger partial charge in [0.1, 0.15) is 0 Å². The SMILES string of the molecule is Cc1cc(C[C@@H]2CCN(CCS(=O)(=O)c3cc(C)c(C)c(C)c3C)C[C@@H]2O)c(C)c(C)c1C. The highest BCUT2D eigenvalue weighted by molar-refractivity contribution is 7.91. The third-order valence-corrected chi connectivity index (χ3v) is 10.1. The normalized spacial score (nSPS) is 19.8. The molecule has 0 aromatic heterocycles. The molecular formula is C28H41NO3S. The van der Waals surface area contributed by atoms with E-state index < -0.39 is 15.9 Å². The van der Waals surface area contributed by atoms with E-state index in [1.165, 1.54) is 27.8 Å². The van der Waals surface area contributed by atoms with Crippen LogP contribution < -0.4 is 0 Å². The summed E-state index contributed by atoms with van der Waals surface area (Å²) in [5, 5.41) is 10.9. The molecule has 2 aromatic carbocycles. The molecule has 0 amide bonds. The second-order valence-electron chi connectivity index (χ2n) is 10.2. The number of sulfone groups is 1. The van der Waals surface area contributed by atoms with Crippen molar-refractivity contribution in [1.82, 2.24) is 4.90 Å². The molecule has 0 unspecified atom stereocenters. The van der Waals surface area contributed by atoms with Crippen LogP contribution in [-0.2, 0) is 16.3 Å². The minimum atomic E-state index is -3.37. The van der Waals surface area contributed by atoms with Crippen molar-refractivity contribution in [2.75, 3.05) is 25.4 Å². The number of aliphatic hydroxyl groups excluding tert-OH is 1. The fourth-order valence-electron chi connectivity index (χ4n) is 5.13. The number of aliphatic hydroxyl groups is 1. The van der Waals surface area contributed by atoms with Gasteiger partial charge >= 0.3 is 0 Å². The molecule has 0 radical (unpaired) electrons. The summed E-state index contributed by atoms with van der Waals surface area (Å²) in [4.78, 5) is 2.57. The smallest absolute Gasteiger partial charge is 0.179 e. The maximum atomic E-state index is 13.1. The number of hydrogen-bond donors (Lipinski definition) is 1. The van der Waals surface area contributed by atoms with Gasteiger partial charge in [-0.3, -0.25) is 4.90 Å². The number of hydrogen-bond acceptors (Lipinski definition) is 4. The Kier molecular flexibility index (Phi) is 7.77. The lowest BCUT2D eigenvalue weighted by atomic mass is 9.84. The minimum absolute atomic E-state index is 0.0859. The molecule has 2 atom stereocenters. The van der Waals surface area contributed by atoms with E-state index in [0.717, 1.165) is 41.6 Å². The molecule has 1 aliphatic heterocycles. The van der Waals surface area contributed by atoms with Gasteiger partial charge in [0.05, 0.1) is 16.8 Å². The van der Waals surface area contributed by atoms with Gasteiger partial charge < -0.3 is 5.11 Å². The first-order valence-corrected chi connectivity index (χ1v) is 13.8. The monoisotopic (exact) mass is 471 g/mol. The Balaban J connectivity index is 1.65. The summed E-state index contributed by atoms with van der Waals surface area (Å²) >= 11 is 0. The Morgan fingerprint density at radius 1 is 0.848 bits per heavy atom. The predicted octanol–water partition coefficient (Wildman–Crippen LogP) is 4.85. The highest BCUT2D eigenvalue weighted by atomic mass is 32.2. The summed E-state index contributed by atoms with van der Waals surface area (Å²) in [6.45, 7) is 18.4. The van der Waals surface area contributed by atoms with E-state index in [2.05, 4.69) is 38.7 Å². The fourth-order valence-corrected chi connectivity index (χ4v) is 6.83. The first-order chi connectivity index (χ1) is 15.3. The van der Waals surface area contributed by atoms with Crippen LogP contribution in [0.2, 0.25) is 0 Å². The van der Waals surface area contributed by atoms with E-state index in [1.54, 1.807) is 0 Å². The molecule has 1 fully saturated rings. The van der Waals surface area contributed by atoms with Crippen LogP contribution in [0.3, 0.4) is 0 Å². The molecule has 0 saturated carbocycles. The summed E-state index contributed by atoms with van der Waals surface area (Å²) in [5.74, 6) is 0.297. The first kappa shape index (κ1) is 25.9. The van der Waals surface area contributed by atoms with E-state index in [4.69, 9.17) is 0 Å². The van der Waals surface area contributed by atoms with Gasteiger partial charge in [0.25, 0.3) is 0 Å². The van der Waals surface area contributed by atoms with Crippen LogP contribution in [0.25, 0.3) is 0 Å². The fraction of sp³-hybridized carbons (Fsp3) is 0.571. The van der Waals surface area contributed by atoms with Gasteiger partial charge in [-0.25, -0.2) is 8.42 Å². The van der Waals surface area contributed by atoms with Crippen molar-refractivity contribution in [1.29, 1.82) is 0 Å². The maximum Gasteiger partial charge on any atom is 0.179 e. The second-order valence-corrected chi connectivity index (χ2v) is 12.3. The molecule has 5 heteroatoms. The molecule has 0 bridgehead atoms. The number of rotatable bonds is 6. The third-order valence-electron chi connectivity index (χ3n) is 8.32. The second kappa shape index (κ2) is 9.89. The zero-order valence-electron chi connectivity index (χ0n) is 21.7. The molecule has 182 valence electrons. The quantitative estimate of drug-likeness (QED) is 0.654. The molecule has 0 spiro atoms. The first-order valence-electron chi connectivity index (χ1n) is 12.1. The lowest BCUT2D eigenvalue weighted by Crippen LogP contribution is -2.46. The molecule has 1 N–H and O–H groups in total. The van der Waals surface area contributed by atoms with Crippen LogP contribution in [0.1, 0.15) is 56.5 Å². The Morgan fingerprint density at radius 3 is 2.03 bits per heavy atom. The van der Waals surface area contributed by atoms with Crippen molar-refractivity contribution in [2.24, 2.45) is 5.92 Å². The van der Waals surface area contributed by atoms with Crippen molar-refractivity contribution in [3.8, 4) is 0 Å². The summed E-state index contributed by atoms with van der Waals surface area (Å²) in [5.41, 5.74) is 10.8. The van der Waals surface area contributed by atoms with Crippen LogP contribution in [0, 0.1) is 61.3 Å². The topological polar surface area (TPSA) is 57.6 Å². The van der Waals surface area contributed by atoms with E-state index in [0.29, 0.717) is 18.0 Å². The Bertz CT molecular complexity index is 1150.